The Bertz CT molecular complexity index is 1790. The summed E-state index contributed by atoms with van der Waals surface area (Å²) >= 11 is 4.46. The van der Waals surface area contributed by atoms with Gasteiger partial charge in [0.15, 0.2) is 17.5 Å². The molecule has 0 aliphatic carbocycles. The van der Waals surface area contributed by atoms with Crippen molar-refractivity contribution in [3.8, 4) is 22.5 Å². The number of aromatic nitrogens is 8. The summed E-state index contributed by atoms with van der Waals surface area (Å²) < 4.78 is 20.2. The third kappa shape index (κ3) is 5.02. The van der Waals surface area contributed by atoms with Crippen LogP contribution >= 0.6 is 45.2 Å². The van der Waals surface area contributed by atoms with Gasteiger partial charge >= 0.3 is 0 Å². The van der Waals surface area contributed by atoms with Gasteiger partial charge in [0.05, 0.1) is 44.7 Å². The van der Waals surface area contributed by atoms with E-state index >= 15 is 0 Å². The fourth-order valence-corrected chi connectivity index (χ4v) is 6.14. The number of hydrogen-bond donors (Lipinski definition) is 1. The summed E-state index contributed by atoms with van der Waals surface area (Å²) in [5, 5.41) is 21.8. The van der Waals surface area contributed by atoms with Crippen molar-refractivity contribution in [3.63, 3.8) is 0 Å². The topological polar surface area (TPSA) is 134 Å². The van der Waals surface area contributed by atoms with Crippen molar-refractivity contribution in [3.05, 3.63) is 54.6 Å². The van der Waals surface area contributed by atoms with E-state index in [1.807, 2.05) is 50.6 Å². The first-order chi connectivity index (χ1) is 19.3. The summed E-state index contributed by atoms with van der Waals surface area (Å²) in [5.41, 5.74) is 6.89. The zero-order valence-electron chi connectivity index (χ0n) is 22.3. The lowest BCUT2D eigenvalue weighted by atomic mass is 10.1. The summed E-state index contributed by atoms with van der Waals surface area (Å²) in [6, 6.07) is 8.05. The van der Waals surface area contributed by atoms with Crippen LogP contribution in [0.15, 0.2) is 33.3 Å². The molecule has 0 amide bonds. The summed E-state index contributed by atoms with van der Waals surface area (Å²) in [4.78, 5) is 9.36. The van der Waals surface area contributed by atoms with Gasteiger partial charge in [-0.1, -0.05) is 10.3 Å². The Morgan fingerprint density at radius 1 is 0.850 bits per heavy atom. The van der Waals surface area contributed by atoms with Crippen molar-refractivity contribution in [2.45, 2.75) is 53.2 Å². The number of pyridine rings is 2. The lowest BCUT2D eigenvalue weighted by Crippen LogP contribution is -2.19. The smallest absolute Gasteiger partial charge is 0.182 e. The predicted octanol–water partition coefficient (Wildman–Crippen LogP) is 6.84. The standard InChI is InChI=1S/C16H17IN4O2.C11H9IN4O/c1-9-14(10(2)23-20-9)12-7-6-11-15(17)19-21(16(11)18-12)13-5-3-4-8-22-13;1-5-9(6(2)17-16-5)8-4-3-7-10(12)14-15-11(7)13-8/h6-7,13H,3-5,8H2,1-2H3;3-4H,1-2H3,(H,13,14,15). The second-order valence-electron chi connectivity index (χ2n) is 9.63. The second-order valence-corrected chi connectivity index (χ2v) is 11.7. The van der Waals surface area contributed by atoms with Gasteiger partial charge in [-0.25, -0.2) is 14.6 Å². The highest BCUT2D eigenvalue weighted by atomic mass is 127. The number of fused-ring (bicyclic) bond motifs is 2. The number of aryl methyl sites for hydroxylation is 4. The number of ether oxygens (including phenoxy) is 1. The summed E-state index contributed by atoms with van der Waals surface area (Å²) in [6.07, 6.45) is 3.23. The lowest BCUT2D eigenvalue weighted by Gasteiger charge is -2.23. The molecule has 1 atom stereocenters. The molecule has 1 aliphatic heterocycles. The van der Waals surface area contributed by atoms with E-state index in [9.17, 15) is 0 Å². The molecule has 1 unspecified atom stereocenters. The quantitative estimate of drug-likeness (QED) is 0.192. The molecule has 0 bridgehead atoms. The van der Waals surface area contributed by atoms with Crippen molar-refractivity contribution in [2.24, 2.45) is 0 Å². The van der Waals surface area contributed by atoms with Crippen molar-refractivity contribution >= 4 is 67.2 Å². The number of H-pyrrole nitrogens is 1. The summed E-state index contributed by atoms with van der Waals surface area (Å²) in [6.45, 7) is 8.42. The molecule has 1 N–H and O–H groups in total. The molecule has 13 heteroatoms. The normalized spacial score (nSPS) is 15.5. The van der Waals surface area contributed by atoms with Gasteiger partial charge in [-0.05, 0) is 116 Å². The van der Waals surface area contributed by atoms with Crippen LogP contribution < -0.4 is 0 Å². The van der Waals surface area contributed by atoms with Crippen LogP contribution in [-0.2, 0) is 4.74 Å². The minimum atomic E-state index is -0.0258. The molecule has 40 heavy (non-hydrogen) atoms. The van der Waals surface area contributed by atoms with E-state index in [0.717, 1.165) is 95.1 Å². The van der Waals surface area contributed by atoms with Crippen LogP contribution in [0.5, 0.6) is 0 Å². The Morgan fingerprint density at radius 2 is 1.50 bits per heavy atom. The zero-order valence-corrected chi connectivity index (χ0v) is 26.6. The first kappa shape index (κ1) is 27.3. The van der Waals surface area contributed by atoms with Gasteiger partial charge in [-0.2, -0.15) is 10.2 Å². The van der Waals surface area contributed by atoms with Crippen LogP contribution in [0.1, 0.15) is 48.4 Å². The van der Waals surface area contributed by atoms with E-state index in [0.29, 0.717) is 5.65 Å². The maximum absolute atomic E-state index is 5.89. The molecular formula is C27H26I2N8O3. The van der Waals surface area contributed by atoms with Crippen LogP contribution in [0.4, 0.5) is 0 Å². The third-order valence-corrected chi connectivity index (χ3v) is 8.51. The Morgan fingerprint density at radius 3 is 2.10 bits per heavy atom. The molecule has 0 spiro atoms. The van der Waals surface area contributed by atoms with Crippen LogP contribution in [0.25, 0.3) is 44.6 Å². The molecule has 6 aromatic rings. The fourth-order valence-electron chi connectivity index (χ4n) is 4.94. The van der Waals surface area contributed by atoms with Gasteiger partial charge in [0.25, 0.3) is 0 Å². The first-order valence-electron chi connectivity index (χ1n) is 12.8. The first-order valence-corrected chi connectivity index (χ1v) is 15.0. The number of aromatic amines is 1. The van der Waals surface area contributed by atoms with Crippen LogP contribution in [0, 0.1) is 35.1 Å². The molecule has 0 saturated carbocycles. The van der Waals surface area contributed by atoms with Crippen molar-refractivity contribution in [1.82, 2.24) is 40.3 Å². The SMILES string of the molecule is Cc1noc(C)c1-c1ccc2c(I)[nH]nc2n1.Cc1noc(C)c1-c1ccc2c(I)nn(C3CCCCO3)c2n1. The van der Waals surface area contributed by atoms with Gasteiger partial charge in [0, 0.05) is 6.61 Å². The fraction of sp³-hybridized carbons (Fsp3) is 0.333. The molecule has 11 nitrogen and oxygen atoms in total. The zero-order chi connectivity index (χ0) is 28.0. The number of hydrogen-bond acceptors (Lipinski definition) is 9. The van der Waals surface area contributed by atoms with E-state index < -0.39 is 0 Å². The highest BCUT2D eigenvalue weighted by molar-refractivity contribution is 14.1. The monoisotopic (exact) mass is 764 g/mol. The number of nitrogens with one attached hydrogen (secondary N) is 1. The van der Waals surface area contributed by atoms with Crippen molar-refractivity contribution in [2.75, 3.05) is 6.61 Å². The predicted molar refractivity (Wildman–Crippen MR) is 166 cm³/mol. The Kier molecular flexibility index (Phi) is 7.60. The average Bonchev–Trinajstić information content (AvgIpc) is 3.70. The minimum Gasteiger partial charge on any atom is -0.361 e. The highest BCUT2D eigenvalue weighted by Gasteiger charge is 2.23. The van der Waals surface area contributed by atoms with Crippen LogP contribution in [0.3, 0.4) is 0 Å². The van der Waals surface area contributed by atoms with E-state index in [-0.39, 0.29) is 6.23 Å². The van der Waals surface area contributed by atoms with Crippen LogP contribution in [-0.4, -0.2) is 46.9 Å². The Labute approximate surface area is 256 Å². The highest BCUT2D eigenvalue weighted by Crippen LogP contribution is 2.32. The van der Waals surface area contributed by atoms with Crippen molar-refractivity contribution in [1.29, 1.82) is 0 Å². The number of nitrogens with zero attached hydrogens (tertiary/aromatic N) is 7. The van der Waals surface area contributed by atoms with Crippen LogP contribution in [0.2, 0.25) is 0 Å². The maximum Gasteiger partial charge on any atom is 0.182 e. The number of rotatable bonds is 3. The van der Waals surface area contributed by atoms with Gasteiger partial charge in [0.2, 0.25) is 0 Å². The van der Waals surface area contributed by atoms with Gasteiger partial charge in [-0.3, -0.25) is 5.10 Å². The molecule has 1 saturated heterocycles. The molecule has 7 heterocycles. The third-order valence-electron chi connectivity index (χ3n) is 6.89. The molecule has 0 aromatic carbocycles. The number of halogens is 2. The van der Waals surface area contributed by atoms with E-state index in [1.54, 1.807) is 0 Å². The summed E-state index contributed by atoms with van der Waals surface area (Å²) in [5.74, 6) is 1.56. The molecule has 1 aliphatic rings. The largest absolute Gasteiger partial charge is 0.361 e. The minimum absolute atomic E-state index is 0.0258. The van der Waals surface area contributed by atoms with Gasteiger partial charge in [0.1, 0.15) is 18.9 Å². The maximum atomic E-state index is 5.89. The summed E-state index contributed by atoms with van der Waals surface area (Å²) in [7, 11) is 0. The van der Waals surface area contributed by atoms with Crippen molar-refractivity contribution < 1.29 is 13.8 Å². The van der Waals surface area contributed by atoms with E-state index in [1.165, 1.54) is 0 Å². The van der Waals surface area contributed by atoms with E-state index in [4.69, 9.17) is 18.8 Å². The lowest BCUT2D eigenvalue weighted by molar-refractivity contribution is -0.0372. The Hall–Kier alpha value is -2.92. The molecule has 206 valence electrons. The molecular weight excluding hydrogens is 738 g/mol. The molecule has 6 aromatic heterocycles. The van der Waals surface area contributed by atoms with Gasteiger partial charge < -0.3 is 13.8 Å². The van der Waals surface area contributed by atoms with E-state index in [2.05, 4.69) is 81.8 Å². The second kappa shape index (κ2) is 11.2. The average molecular weight is 764 g/mol. The Balaban J connectivity index is 0.000000151. The van der Waals surface area contributed by atoms with Gasteiger partial charge in [-0.15, -0.1) is 0 Å². The molecule has 1 fully saturated rings. The molecule has 7 rings (SSSR count). The molecule has 0 radical (unpaired) electrons.